The molecule has 0 amide bonds. The SMILES string of the molecule is CCNC(=NCc1nncn1C)NCCCCC1CCCC1.I. The Morgan fingerprint density at radius 3 is 2.74 bits per heavy atom. The van der Waals surface area contributed by atoms with Crippen molar-refractivity contribution in [1.82, 2.24) is 25.4 Å². The zero-order chi connectivity index (χ0) is 15.6. The van der Waals surface area contributed by atoms with Crippen LogP contribution in [-0.4, -0.2) is 33.8 Å². The van der Waals surface area contributed by atoms with Crippen molar-refractivity contribution in [2.75, 3.05) is 13.1 Å². The van der Waals surface area contributed by atoms with Crippen molar-refractivity contribution in [1.29, 1.82) is 0 Å². The molecule has 0 bridgehead atoms. The molecule has 132 valence electrons. The van der Waals surface area contributed by atoms with Crippen molar-refractivity contribution >= 4 is 29.9 Å². The number of nitrogens with one attached hydrogen (secondary N) is 2. The Balaban J connectivity index is 0.00000264. The van der Waals surface area contributed by atoms with Crippen LogP contribution in [0, 0.1) is 5.92 Å². The molecule has 1 aliphatic carbocycles. The van der Waals surface area contributed by atoms with Crippen LogP contribution < -0.4 is 10.6 Å². The van der Waals surface area contributed by atoms with Gasteiger partial charge < -0.3 is 15.2 Å². The van der Waals surface area contributed by atoms with Crippen LogP contribution in [0.2, 0.25) is 0 Å². The molecule has 0 aromatic carbocycles. The Kier molecular flexibility index (Phi) is 10.2. The first-order valence-electron chi connectivity index (χ1n) is 8.64. The van der Waals surface area contributed by atoms with Crippen LogP contribution in [0.1, 0.15) is 57.7 Å². The van der Waals surface area contributed by atoms with E-state index in [2.05, 4.69) is 32.7 Å². The Morgan fingerprint density at radius 1 is 1.30 bits per heavy atom. The summed E-state index contributed by atoms with van der Waals surface area (Å²) in [5, 5.41) is 14.6. The smallest absolute Gasteiger partial charge is 0.191 e. The van der Waals surface area contributed by atoms with Gasteiger partial charge in [0.15, 0.2) is 11.8 Å². The zero-order valence-corrected chi connectivity index (χ0v) is 16.8. The van der Waals surface area contributed by atoms with Crippen molar-refractivity contribution < 1.29 is 0 Å². The summed E-state index contributed by atoms with van der Waals surface area (Å²) in [7, 11) is 1.94. The number of aromatic nitrogens is 3. The highest BCUT2D eigenvalue weighted by Gasteiger charge is 2.13. The second-order valence-electron chi connectivity index (χ2n) is 6.13. The standard InChI is InChI=1S/C16H30N6.HI/c1-3-17-16(19-12-15-21-20-13-22(15)2)18-11-7-6-10-14-8-4-5-9-14;/h13-14H,3-12H2,1-2H3,(H2,17,18,19);1H. The van der Waals surface area contributed by atoms with E-state index in [1.165, 1.54) is 44.9 Å². The van der Waals surface area contributed by atoms with Gasteiger partial charge in [-0.05, 0) is 19.3 Å². The van der Waals surface area contributed by atoms with Crippen molar-refractivity contribution in [3.63, 3.8) is 0 Å². The Labute approximate surface area is 157 Å². The minimum absolute atomic E-state index is 0. The molecular weight excluding hydrogens is 403 g/mol. The second-order valence-corrected chi connectivity index (χ2v) is 6.13. The number of rotatable bonds is 8. The molecule has 1 aliphatic rings. The maximum absolute atomic E-state index is 4.56. The number of nitrogens with zero attached hydrogens (tertiary/aromatic N) is 4. The van der Waals surface area contributed by atoms with Gasteiger partial charge in [-0.1, -0.05) is 38.5 Å². The quantitative estimate of drug-likeness (QED) is 0.286. The summed E-state index contributed by atoms with van der Waals surface area (Å²) in [6, 6.07) is 0. The lowest BCUT2D eigenvalue weighted by atomic mass is 10.0. The van der Waals surface area contributed by atoms with E-state index in [0.717, 1.165) is 30.8 Å². The monoisotopic (exact) mass is 434 g/mol. The van der Waals surface area contributed by atoms with E-state index < -0.39 is 0 Å². The minimum atomic E-state index is 0. The summed E-state index contributed by atoms with van der Waals surface area (Å²) in [5.41, 5.74) is 0. The fraction of sp³-hybridized carbons (Fsp3) is 0.812. The number of unbranched alkanes of at least 4 members (excludes halogenated alkanes) is 1. The molecule has 1 aromatic heterocycles. The average Bonchev–Trinajstić information content (AvgIpc) is 3.16. The lowest BCUT2D eigenvalue weighted by Gasteiger charge is -2.12. The molecule has 1 aromatic rings. The van der Waals surface area contributed by atoms with Crippen LogP contribution in [0.4, 0.5) is 0 Å². The largest absolute Gasteiger partial charge is 0.357 e. The topological polar surface area (TPSA) is 67.1 Å². The Hall–Kier alpha value is -0.860. The third kappa shape index (κ3) is 7.50. The van der Waals surface area contributed by atoms with Crippen molar-refractivity contribution in [3.05, 3.63) is 12.2 Å². The number of aliphatic imine (C=N–C) groups is 1. The fourth-order valence-electron chi connectivity index (χ4n) is 3.01. The first-order chi connectivity index (χ1) is 10.8. The van der Waals surface area contributed by atoms with E-state index in [4.69, 9.17) is 0 Å². The van der Waals surface area contributed by atoms with E-state index in [0.29, 0.717) is 6.54 Å². The van der Waals surface area contributed by atoms with Gasteiger partial charge in [0, 0.05) is 20.1 Å². The van der Waals surface area contributed by atoms with Crippen LogP contribution in [0.3, 0.4) is 0 Å². The van der Waals surface area contributed by atoms with Gasteiger partial charge in [-0.2, -0.15) is 0 Å². The van der Waals surface area contributed by atoms with Crippen molar-refractivity contribution in [2.45, 2.75) is 58.4 Å². The Morgan fingerprint density at radius 2 is 2.09 bits per heavy atom. The highest BCUT2D eigenvalue weighted by molar-refractivity contribution is 14.0. The normalized spacial score (nSPS) is 15.5. The summed E-state index contributed by atoms with van der Waals surface area (Å²) in [6.07, 6.45) is 11.4. The van der Waals surface area contributed by atoms with Gasteiger partial charge in [-0.25, -0.2) is 4.99 Å². The second kappa shape index (κ2) is 11.6. The van der Waals surface area contributed by atoms with Gasteiger partial charge in [-0.15, -0.1) is 34.2 Å². The molecule has 6 nitrogen and oxygen atoms in total. The summed E-state index contributed by atoms with van der Waals surface area (Å²) < 4.78 is 1.90. The van der Waals surface area contributed by atoms with Crippen molar-refractivity contribution in [3.8, 4) is 0 Å². The summed E-state index contributed by atoms with van der Waals surface area (Å²) in [4.78, 5) is 4.56. The Bertz CT molecular complexity index is 453. The molecule has 2 N–H and O–H groups in total. The molecule has 0 atom stereocenters. The molecule has 0 unspecified atom stereocenters. The zero-order valence-electron chi connectivity index (χ0n) is 14.4. The molecule has 23 heavy (non-hydrogen) atoms. The first-order valence-corrected chi connectivity index (χ1v) is 8.64. The number of hydrogen-bond donors (Lipinski definition) is 2. The van der Waals surface area contributed by atoms with Crippen LogP contribution in [0.25, 0.3) is 0 Å². The highest BCUT2D eigenvalue weighted by Crippen LogP contribution is 2.28. The van der Waals surface area contributed by atoms with Gasteiger partial charge in [0.25, 0.3) is 0 Å². The lowest BCUT2D eigenvalue weighted by Crippen LogP contribution is -2.37. The predicted octanol–water partition coefficient (Wildman–Crippen LogP) is 2.85. The van der Waals surface area contributed by atoms with Gasteiger partial charge in [0.1, 0.15) is 12.9 Å². The average molecular weight is 434 g/mol. The molecule has 0 radical (unpaired) electrons. The summed E-state index contributed by atoms with van der Waals surface area (Å²) in [6.45, 7) is 4.48. The van der Waals surface area contributed by atoms with Gasteiger partial charge in [0.2, 0.25) is 0 Å². The molecule has 7 heteroatoms. The molecule has 0 saturated heterocycles. The lowest BCUT2D eigenvalue weighted by molar-refractivity contribution is 0.472. The highest BCUT2D eigenvalue weighted by atomic mass is 127. The third-order valence-corrected chi connectivity index (χ3v) is 4.33. The molecule has 1 saturated carbocycles. The van der Waals surface area contributed by atoms with Gasteiger partial charge >= 0.3 is 0 Å². The minimum Gasteiger partial charge on any atom is -0.357 e. The van der Waals surface area contributed by atoms with Gasteiger partial charge in [-0.3, -0.25) is 0 Å². The third-order valence-electron chi connectivity index (χ3n) is 4.33. The van der Waals surface area contributed by atoms with Crippen LogP contribution >= 0.6 is 24.0 Å². The van der Waals surface area contributed by atoms with Gasteiger partial charge in [0.05, 0.1) is 0 Å². The summed E-state index contributed by atoms with van der Waals surface area (Å²) >= 11 is 0. The molecule has 0 aliphatic heterocycles. The molecule has 2 rings (SSSR count). The number of halogens is 1. The molecule has 1 fully saturated rings. The fourth-order valence-corrected chi connectivity index (χ4v) is 3.01. The molecule has 0 spiro atoms. The number of guanidine groups is 1. The van der Waals surface area contributed by atoms with Crippen molar-refractivity contribution in [2.24, 2.45) is 18.0 Å². The van der Waals surface area contributed by atoms with E-state index in [-0.39, 0.29) is 24.0 Å². The van der Waals surface area contributed by atoms with E-state index in [1.807, 2.05) is 11.6 Å². The maximum Gasteiger partial charge on any atom is 0.191 e. The maximum atomic E-state index is 4.56. The number of aryl methyl sites for hydroxylation is 1. The molecule has 1 heterocycles. The number of hydrogen-bond acceptors (Lipinski definition) is 3. The predicted molar refractivity (Wildman–Crippen MR) is 105 cm³/mol. The molecular formula is C16H31IN6. The van der Waals surface area contributed by atoms with E-state index in [1.54, 1.807) is 6.33 Å². The summed E-state index contributed by atoms with van der Waals surface area (Å²) in [5.74, 6) is 2.74. The van der Waals surface area contributed by atoms with E-state index in [9.17, 15) is 0 Å². The van der Waals surface area contributed by atoms with Crippen LogP contribution in [-0.2, 0) is 13.6 Å². The van der Waals surface area contributed by atoms with Crippen LogP contribution in [0.15, 0.2) is 11.3 Å². The first kappa shape index (κ1) is 20.2. The van der Waals surface area contributed by atoms with Crippen LogP contribution in [0.5, 0.6) is 0 Å². The van der Waals surface area contributed by atoms with E-state index >= 15 is 0 Å².